The first kappa shape index (κ1) is 16.3. The van der Waals surface area contributed by atoms with Gasteiger partial charge in [0.1, 0.15) is 5.69 Å². The molecule has 0 aromatic carbocycles. The van der Waals surface area contributed by atoms with Gasteiger partial charge in [0.15, 0.2) is 5.75 Å². The molecule has 5 nitrogen and oxygen atoms in total. The second-order valence-corrected chi connectivity index (χ2v) is 6.09. The zero-order valence-electron chi connectivity index (χ0n) is 14.0. The Bertz CT molecular complexity index is 429. The Balaban J connectivity index is 2.40. The maximum absolute atomic E-state index is 6.04. The monoisotopic (exact) mass is 295 g/mol. The smallest absolute Gasteiger partial charge is 0.161 e. The average Bonchev–Trinajstić information content (AvgIpc) is 2.93. The minimum Gasteiger partial charge on any atom is -0.493 e. The van der Waals surface area contributed by atoms with Crippen molar-refractivity contribution in [3.63, 3.8) is 0 Å². The lowest BCUT2D eigenvalue weighted by atomic mass is 9.74. The summed E-state index contributed by atoms with van der Waals surface area (Å²) in [7, 11) is 5.53. The Morgan fingerprint density at radius 2 is 2.10 bits per heavy atom. The molecule has 120 valence electrons. The van der Waals surface area contributed by atoms with Crippen molar-refractivity contribution in [3.8, 4) is 5.75 Å². The van der Waals surface area contributed by atoms with E-state index in [9.17, 15) is 0 Å². The van der Waals surface area contributed by atoms with Crippen molar-refractivity contribution in [3.05, 3.63) is 11.9 Å². The molecule has 0 spiro atoms. The Labute approximate surface area is 128 Å². The minimum absolute atomic E-state index is 0.0902. The van der Waals surface area contributed by atoms with E-state index >= 15 is 0 Å². The number of nitrogens with zero attached hydrogens (tertiary/aromatic N) is 2. The van der Waals surface area contributed by atoms with Gasteiger partial charge in [-0.25, -0.2) is 0 Å². The molecule has 21 heavy (non-hydrogen) atoms. The van der Waals surface area contributed by atoms with Crippen LogP contribution in [0, 0.1) is 5.92 Å². The second-order valence-electron chi connectivity index (χ2n) is 6.09. The van der Waals surface area contributed by atoms with Crippen LogP contribution in [0.2, 0.25) is 0 Å². The highest BCUT2D eigenvalue weighted by Crippen LogP contribution is 2.44. The molecule has 0 aliphatic heterocycles. The van der Waals surface area contributed by atoms with Crippen molar-refractivity contribution >= 4 is 0 Å². The highest BCUT2D eigenvalue weighted by molar-refractivity contribution is 5.31. The summed E-state index contributed by atoms with van der Waals surface area (Å²) in [5, 5.41) is 7.91. The van der Waals surface area contributed by atoms with Crippen LogP contribution in [0.1, 0.15) is 51.3 Å². The Morgan fingerprint density at radius 3 is 2.57 bits per heavy atom. The lowest BCUT2D eigenvalue weighted by molar-refractivity contribution is -0.0766. The zero-order valence-corrected chi connectivity index (χ0v) is 14.0. The lowest BCUT2D eigenvalue weighted by Gasteiger charge is -2.44. The molecule has 0 radical (unpaired) electrons. The van der Waals surface area contributed by atoms with Crippen LogP contribution in [0.3, 0.4) is 0 Å². The van der Waals surface area contributed by atoms with Gasteiger partial charge < -0.3 is 14.8 Å². The molecule has 1 aromatic rings. The van der Waals surface area contributed by atoms with Gasteiger partial charge in [0.2, 0.25) is 0 Å². The topological polar surface area (TPSA) is 48.3 Å². The fraction of sp³-hybridized carbons (Fsp3) is 0.812. The molecule has 1 heterocycles. The van der Waals surface area contributed by atoms with Gasteiger partial charge in [0.25, 0.3) is 0 Å². The van der Waals surface area contributed by atoms with E-state index in [2.05, 4.69) is 24.3 Å². The Morgan fingerprint density at radius 1 is 1.43 bits per heavy atom. The molecule has 5 heteroatoms. The second kappa shape index (κ2) is 6.79. The van der Waals surface area contributed by atoms with Crippen LogP contribution in [0.15, 0.2) is 6.20 Å². The van der Waals surface area contributed by atoms with E-state index < -0.39 is 0 Å². The van der Waals surface area contributed by atoms with Gasteiger partial charge in [-0.1, -0.05) is 6.92 Å². The number of methoxy groups -OCH3 is 2. The van der Waals surface area contributed by atoms with E-state index in [4.69, 9.17) is 9.47 Å². The van der Waals surface area contributed by atoms with E-state index in [-0.39, 0.29) is 11.6 Å². The third kappa shape index (κ3) is 2.94. The molecule has 1 fully saturated rings. The summed E-state index contributed by atoms with van der Waals surface area (Å²) in [6, 6.07) is 0.0902. The van der Waals surface area contributed by atoms with Crippen LogP contribution >= 0.6 is 0 Å². The summed E-state index contributed by atoms with van der Waals surface area (Å²) in [4.78, 5) is 0. The van der Waals surface area contributed by atoms with Crippen LogP contribution in [0.4, 0.5) is 0 Å². The van der Waals surface area contributed by atoms with Gasteiger partial charge in [-0.05, 0) is 45.6 Å². The summed E-state index contributed by atoms with van der Waals surface area (Å²) in [5.74, 6) is 1.62. The predicted octanol–water partition coefficient (Wildman–Crippen LogP) is 2.77. The molecule has 0 bridgehead atoms. The number of hydrogen-bond donors (Lipinski definition) is 1. The van der Waals surface area contributed by atoms with Gasteiger partial charge in [-0.15, -0.1) is 0 Å². The number of hydrogen-bond acceptors (Lipinski definition) is 4. The van der Waals surface area contributed by atoms with Crippen LogP contribution < -0.4 is 10.1 Å². The maximum Gasteiger partial charge on any atom is 0.161 e. The van der Waals surface area contributed by atoms with Crippen molar-refractivity contribution in [1.82, 2.24) is 15.1 Å². The molecule has 1 aliphatic rings. The van der Waals surface area contributed by atoms with Crippen LogP contribution in [-0.4, -0.2) is 36.6 Å². The van der Waals surface area contributed by atoms with Crippen molar-refractivity contribution in [1.29, 1.82) is 0 Å². The number of aromatic nitrogens is 2. The quantitative estimate of drug-likeness (QED) is 0.876. The highest BCUT2D eigenvalue weighted by atomic mass is 16.5. The molecule has 0 amide bonds. The molecular weight excluding hydrogens is 266 g/mol. The van der Waals surface area contributed by atoms with Gasteiger partial charge in [-0.2, -0.15) is 5.10 Å². The van der Waals surface area contributed by atoms with E-state index in [0.717, 1.165) is 36.7 Å². The predicted molar refractivity (Wildman–Crippen MR) is 83.6 cm³/mol. The van der Waals surface area contributed by atoms with Gasteiger partial charge in [0.05, 0.1) is 24.9 Å². The normalized spacial score (nSPS) is 27.6. The van der Waals surface area contributed by atoms with E-state index in [1.807, 2.05) is 18.8 Å². The summed E-state index contributed by atoms with van der Waals surface area (Å²) in [6.45, 7) is 5.25. The SMILES string of the molecule is CCn1ncc(OC)c1C(NC)C1(OC)CCC(C)CC1. The number of rotatable bonds is 6. The van der Waals surface area contributed by atoms with Gasteiger partial charge in [0, 0.05) is 13.7 Å². The zero-order chi connectivity index (χ0) is 15.5. The minimum atomic E-state index is -0.179. The Hall–Kier alpha value is -1.07. The first-order chi connectivity index (χ1) is 10.1. The largest absolute Gasteiger partial charge is 0.493 e. The molecule has 2 rings (SSSR count). The van der Waals surface area contributed by atoms with Crippen molar-refractivity contribution in [2.45, 2.75) is 57.7 Å². The highest BCUT2D eigenvalue weighted by Gasteiger charge is 2.44. The number of ether oxygens (including phenoxy) is 2. The third-order valence-corrected chi connectivity index (χ3v) is 4.98. The molecule has 1 atom stereocenters. The summed E-state index contributed by atoms with van der Waals surface area (Å²) in [5.41, 5.74) is 0.917. The lowest BCUT2D eigenvalue weighted by Crippen LogP contribution is -2.47. The van der Waals surface area contributed by atoms with Gasteiger partial charge in [-0.3, -0.25) is 4.68 Å². The molecule has 1 aromatic heterocycles. The molecule has 0 saturated heterocycles. The summed E-state index contributed by atoms with van der Waals surface area (Å²) in [6.07, 6.45) is 6.34. The fourth-order valence-corrected chi connectivity index (χ4v) is 3.59. The maximum atomic E-state index is 6.04. The standard InChI is InChI=1S/C16H29N3O2/c1-6-19-14(13(20-4)11-18-19)15(17-3)16(21-5)9-7-12(2)8-10-16/h11-12,15,17H,6-10H2,1-5H3. The number of nitrogens with one attached hydrogen (secondary N) is 1. The van der Waals surface area contributed by atoms with E-state index in [1.165, 1.54) is 12.8 Å². The average molecular weight is 295 g/mol. The first-order valence-electron chi connectivity index (χ1n) is 7.94. The van der Waals surface area contributed by atoms with Crippen LogP contribution in [0.25, 0.3) is 0 Å². The van der Waals surface area contributed by atoms with Crippen molar-refractivity contribution in [2.24, 2.45) is 5.92 Å². The summed E-state index contributed by atoms with van der Waals surface area (Å²) >= 11 is 0. The van der Waals surface area contributed by atoms with Crippen molar-refractivity contribution in [2.75, 3.05) is 21.3 Å². The molecule has 1 unspecified atom stereocenters. The van der Waals surface area contributed by atoms with Crippen LogP contribution in [0.5, 0.6) is 5.75 Å². The molecule has 1 aliphatic carbocycles. The molecular formula is C16H29N3O2. The fourth-order valence-electron chi connectivity index (χ4n) is 3.59. The van der Waals surface area contributed by atoms with Crippen molar-refractivity contribution < 1.29 is 9.47 Å². The molecule has 1 saturated carbocycles. The van der Waals surface area contributed by atoms with Crippen LogP contribution in [-0.2, 0) is 11.3 Å². The first-order valence-corrected chi connectivity index (χ1v) is 7.94. The summed E-state index contributed by atoms with van der Waals surface area (Å²) < 4.78 is 13.6. The number of likely N-dealkylation sites (N-methyl/N-ethyl adjacent to an activating group) is 1. The Kier molecular flexibility index (Phi) is 5.27. The molecule has 1 N–H and O–H groups in total. The van der Waals surface area contributed by atoms with Gasteiger partial charge >= 0.3 is 0 Å². The third-order valence-electron chi connectivity index (χ3n) is 4.98. The van der Waals surface area contributed by atoms with E-state index in [1.54, 1.807) is 13.3 Å². The number of aryl methyl sites for hydroxylation is 1. The van der Waals surface area contributed by atoms with E-state index in [0.29, 0.717) is 0 Å².